The molecule has 0 radical (unpaired) electrons. The molecule has 0 aromatic heterocycles. The molecule has 0 aliphatic rings. The van der Waals surface area contributed by atoms with Crippen LogP contribution in [0.3, 0.4) is 0 Å². The number of methoxy groups -OCH3 is 1. The van der Waals surface area contributed by atoms with E-state index in [0.717, 1.165) is 6.42 Å². The second kappa shape index (κ2) is 10.1. The van der Waals surface area contributed by atoms with E-state index >= 15 is 0 Å². The molecule has 0 atom stereocenters. The van der Waals surface area contributed by atoms with E-state index in [9.17, 15) is 13.6 Å². The van der Waals surface area contributed by atoms with Gasteiger partial charge in [-0.15, -0.1) is 0 Å². The van der Waals surface area contributed by atoms with Crippen molar-refractivity contribution in [2.75, 3.05) is 19.0 Å². The molecule has 0 heterocycles. The van der Waals surface area contributed by atoms with Gasteiger partial charge >= 0.3 is 6.61 Å². The predicted octanol–water partition coefficient (Wildman–Crippen LogP) is 3.85. The number of hydrogen-bond acceptors (Lipinski definition) is 5. The number of alkyl halides is 2. The fourth-order valence-electron chi connectivity index (χ4n) is 2.17. The third-order valence-electron chi connectivity index (χ3n) is 3.52. The van der Waals surface area contributed by atoms with Crippen LogP contribution in [0.1, 0.15) is 18.1 Å². The summed E-state index contributed by atoms with van der Waals surface area (Å²) < 4.78 is 33.9. The van der Waals surface area contributed by atoms with E-state index in [-0.39, 0.29) is 24.0 Å². The molecule has 2 aromatic rings. The summed E-state index contributed by atoms with van der Waals surface area (Å²) in [6.07, 6.45) is 2.25. The molecule has 0 aliphatic carbocycles. The average Bonchev–Trinajstić information content (AvgIpc) is 2.66. The van der Waals surface area contributed by atoms with Gasteiger partial charge in [-0.1, -0.05) is 24.2 Å². The van der Waals surface area contributed by atoms with Crippen molar-refractivity contribution in [2.24, 2.45) is 5.16 Å². The number of ether oxygens (including phenoxy) is 2. The Kier molecular flexibility index (Phi) is 7.54. The lowest BCUT2D eigenvalue weighted by atomic mass is 10.1. The molecule has 27 heavy (non-hydrogen) atoms. The molecule has 0 aliphatic heterocycles. The number of aryl methyl sites for hydroxylation is 1. The Hall–Kier alpha value is -3.16. The van der Waals surface area contributed by atoms with Crippen molar-refractivity contribution in [1.29, 1.82) is 0 Å². The summed E-state index contributed by atoms with van der Waals surface area (Å²) >= 11 is 0. The number of carbonyl (C=O) groups is 1. The summed E-state index contributed by atoms with van der Waals surface area (Å²) in [5.41, 5.74) is 2.38. The van der Waals surface area contributed by atoms with Crippen LogP contribution in [0.15, 0.2) is 47.6 Å². The zero-order chi connectivity index (χ0) is 19.6. The molecular weight excluding hydrogens is 358 g/mol. The molecule has 0 spiro atoms. The largest absolute Gasteiger partial charge is 0.493 e. The fraction of sp³-hybridized carbons (Fsp3) is 0.263. The van der Waals surface area contributed by atoms with Gasteiger partial charge in [0.1, 0.15) is 0 Å². The molecule has 0 saturated heterocycles. The molecule has 0 unspecified atom stereocenters. The quantitative estimate of drug-likeness (QED) is 0.532. The standard InChI is InChI=1S/C19H20F2N2O4/c1-3-13-4-7-15(8-5-13)23-18(24)12-26-22-11-14-6-9-16(27-19(20)21)17(10-14)25-2/h4-11,19H,3,12H2,1-2H3,(H,23,24)/b22-11-. The number of halogens is 2. The van der Waals surface area contributed by atoms with Gasteiger partial charge in [-0.2, -0.15) is 8.78 Å². The number of oxime groups is 1. The van der Waals surface area contributed by atoms with Gasteiger partial charge in [-0.25, -0.2) is 0 Å². The van der Waals surface area contributed by atoms with Crippen molar-refractivity contribution in [3.8, 4) is 11.5 Å². The smallest absolute Gasteiger partial charge is 0.387 e. The van der Waals surface area contributed by atoms with E-state index in [2.05, 4.69) is 22.1 Å². The zero-order valence-corrected chi connectivity index (χ0v) is 14.9. The van der Waals surface area contributed by atoms with Crippen LogP contribution < -0.4 is 14.8 Å². The lowest BCUT2D eigenvalue weighted by Gasteiger charge is -2.09. The third kappa shape index (κ3) is 6.58. The Bertz CT molecular complexity index is 780. The Labute approximate surface area is 155 Å². The van der Waals surface area contributed by atoms with Crippen LogP contribution >= 0.6 is 0 Å². The van der Waals surface area contributed by atoms with Gasteiger partial charge in [-0.3, -0.25) is 4.79 Å². The van der Waals surface area contributed by atoms with Crippen LogP contribution in [-0.2, 0) is 16.1 Å². The summed E-state index contributed by atoms with van der Waals surface area (Å²) in [7, 11) is 1.34. The van der Waals surface area contributed by atoms with Gasteiger partial charge in [0.15, 0.2) is 18.1 Å². The third-order valence-corrected chi connectivity index (χ3v) is 3.52. The topological polar surface area (TPSA) is 69.2 Å². The van der Waals surface area contributed by atoms with Crippen LogP contribution in [0.2, 0.25) is 0 Å². The van der Waals surface area contributed by atoms with Crippen LogP contribution in [0.4, 0.5) is 14.5 Å². The van der Waals surface area contributed by atoms with E-state index in [1.165, 1.54) is 37.1 Å². The van der Waals surface area contributed by atoms with Crippen molar-refractivity contribution in [1.82, 2.24) is 0 Å². The first-order valence-electron chi connectivity index (χ1n) is 8.18. The molecule has 8 heteroatoms. The van der Waals surface area contributed by atoms with Crippen molar-refractivity contribution in [3.63, 3.8) is 0 Å². The number of amides is 1. The SMILES string of the molecule is CCc1ccc(NC(=O)CO/N=C\c2ccc(OC(F)F)c(OC)c2)cc1. The Morgan fingerprint density at radius 3 is 2.56 bits per heavy atom. The molecule has 0 bridgehead atoms. The Morgan fingerprint density at radius 2 is 1.93 bits per heavy atom. The number of benzene rings is 2. The number of nitrogens with zero attached hydrogens (tertiary/aromatic N) is 1. The molecule has 2 aromatic carbocycles. The van der Waals surface area contributed by atoms with Gasteiger partial charge in [-0.05, 0) is 42.3 Å². The highest BCUT2D eigenvalue weighted by Crippen LogP contribution is 2.28. The van der Waals surface area contributed by atoms with Crippen molar-refractivity contribution in [3.05, 3.63) is 53.6 Å². The molecule has 0 fully saturated rings. The maximum absolute atomic E-state index is 12.3. The number of anilines is 1. The number of hydrogen-bond donors (Lipinski definition) is 1. The summed E-state index contributed by atoms with van der Waals surface area (Å²) in [4.78, 5) is 16.8. The highest BCUT2D eigenvalue weighted by Gasteiger charge is 2.10. The van der Waals surface area contributed by atoms with Crippen LogP contribution in [-0.4, -0.2) is 32.4 Å². The second-order valence-corrected chi connectivity index (χ2v) is 5.40. The van der Waals surface area contributed by atoms with Crippen LogP contribution in [0.5, 0.6) is 11.5 Å². The van der Waals surface area contributed by atoms with Crippen molar-refractivity contribution < 1.29 is 27.9 Å². The number of carbonyl (C=O) groups excluding carboxylic acids is 1. The minimum absolute atomic E-state index is 0.0842. The van der Waals surface area contributed by atoms with Crippen molar-refractivity contribution >= 4 is 17.8 Å². The monoisotopic (exact) mass is 378 g/mol. The lowest BCUT2D eigenvalue weighted by Crippen LogP contribution is -2.16. The number of rotatable bonds is 9. The first-order chi connectivity index (χ1) is 13.0. The van der Waals surface area contributed by atoms with Gasteiger partial charge in [0.2, 0.25) is 0 Å². The van der Waals surface area contributed by atoms with E-state index in [4.69, 9.17) is 9.57 Å². The summed E-state index contributed by atoms with van der Waals surface area (Å²) in [5, 5.41) is 6.38. The maximum Gasteiger partial charge on any atom is 0.387 e. The minimum atomic E-state index is -2.95. The molecule has 6 nitrogen and oxygen atoms in total. The van der Waals surface area contributed by atoms with E-state index in [1.54, 1.807) is 0 Å². The molecule has 1 N–H and O–H groups in total. The van der Waals surface area contributed by atoms with Crippen LogP contribution in [0.25, 0.3) is 0 Å². The van der Waals surface area contributed by atoms with E-state index in [0.29, 0.717) is 11.3 Å². The Balaban J connectivity index is 1.84. The summed E-state index contributed by atoms with van der Waals surface area (Å²) in [6, 6.07) is 11.8. The predicted molar refractivity (Wildman–Crippen MR) is 97.6 cm³/mol. The normalized spacial score (nSPS) is 10.9. The second-order valence-electron chi connectivity index (χ2n) is 5.40. The highest BCUT2D eigenvalue weighted by atomic mass is 19.3. The van der Waals surface area contributed by atoms with E-state index in [1.807, 2.05) is 24.3 Å². The van der Waals surface area contributed by atoms with Gasteiger partial charge in [0.05, 0.1) is 13.3 Å². The van der Waals surface area contributed by atoms with Gasteiger partial charge in [0, 0.05) is 11.3 Å². The molecule has 2 rings (SSSR count). The highest BCUT2D eigenvalue weighted by molar-refractivity contribution is 5.91. The van der Waals surface area contributed by atoms with Gasteiger partial charge in [0.25, 0.3) is 5.91 Å². The molecular formula is C19H20F2N2O4. The van der Waals surface area contributed by atoms with Crippen molar-refractivity contribution in [2.45, 2.75) is 20.0 Å². The first kappa shape index (κ1) is 20.2. The fourth-order valence-corrected chi connectivity index (χ4v) is 2.17. The maximum atomic E-state index is 12.3. The molecule has 1 amide bonds. The minimum Gasteiger partial charge on any atom is -0.493 e. The lowest BCUT2D eigenvalue weighted by molar-refractivity contribution is -0.120. The molecule has 144 valence electrons. The van der Waals surface area contributed by atoms with Crippen LogP contribution in [0, 0.1) is 0 Å². The number of nitrogens with one attached hydrogen (secondary N) is 1. The van der Waals surface area contributed by atoms with Gasteiger partial charge < -0.3 is 19.6 Å². The summed E-state index contributed by atoms with van der Waals surface area (Å²) in [6.45, 7) is -1.16. The zero-order valence-electron chi connectivity index (χ0n) is 14.9. The Morgan fingerprint density at radius 1 is 1.19 bits per heavy atom. The average molecular weight is 378 g/mol. The molecule has 0 saturated carbocycles. The summed E-state index contributed by atoms with van der Waals surface area (Å²) in [5.74, 6) is -0.304. The van der Waals surface area contributed by atoms with E-state index < -0.39 is 6.61 Å². The first-order valence-corrected chi connectivity index (χ1v) is 8.18.